The average Bonchev–Trinajstić information content (AvgIpc) is 2.30. The van der Waals surface area contributed by atoms with E-state index in [1.54, 1.807) is 0 Å². The van der Waals surface area contributed by atoms with Crippen LogP contribution in [0.4, 0.5) is 0 Å². The van der Waals surface area contributed by atoms with Gasteiger partial charge in [0.15, 0.2) is 0 Å². The fourth-order valence-corrected chi connectivity index (χ4v) is 1.72. The van der Waals surface area contributed by atoms with E-state index in [1.807, 2.05) is 18.2 Å². The molecule has 0 atom stereocenters. The maximum atomic E-state index is 9.21. The topological polar surface area (TPSA) is 29.5 Å². The molecule has 0 fully saturated rings. The van der Waals surface area contributed by atoms with E-state index in [9.17, 15) is 5.11 Å². The van der Waals surface area contributed by atoms with Crippen LogP contribution in [-0.2, 0) is 4.74 Å². The number of rotatable bonds is 2. The summed E-state index contributed by atoms with van der Waals surface area (Å²) in [5, 5.41) is 9.21. The molecule has 74 valence electrons. The van der Waals surface area contributed by atoms with Crippen LogP contribution < -0.4 is 0 Å². The molecule has 0 amide bonds. The van der Waals surface area contributed by atoms with E-state index in [-0.39, 0.29) is 6.61 Å². The monoisotopic (exact) mass is 190 g/mol. The van der Waals surface area contributed by atoms with Crippen LogP contribution in [-0.4, -0.2) is 24.9 Å². The summed E-state index contributed by atoms with van der Waals surface area (Å²) < 4.78 is 5.40. The molecule has 0 bridgehead atoms. The van der Waals surface area contributed by atoms with Crippen LogP contribution in [0.25, 0.3) is 5.57 Å². The zero-order chi connectivity index (χ0) is 9.80. The Morgan fingerprint density at radius 3 is 2.71 bits per heavy atom. The summed E-state index contributed by atoms with van der Waals surface area (Å²) in [5.74, 6) is 0. The number of ether oxygens (including phenoxy) is 1. The van der Waals surface area contributed by atoms with Gasteiger partial charge < -0.3 is 9.84 Å². The first-order chi connectivity index (χ1) is 6.92. The fourth-order valence-electron chi connectivity index (χ4n) is 1.72. The molecule has 0 saturated heterocycles. The fraction of sp³-hybridized carbons (Fsp3) is 0.333. The lowest BCUT2D eigenvalue weighted by molar-refractivity contribution is 0.155. The van der Waals surface area contributed by atoms with Gasteiger partial charge in [-0.3, -0.25) is 0 Å². The zero-order valence-corrected chi connectivity index (χ0v) is 8.07. The summed E-state index contributed by atoms with van der Waals surface area (Å²) in [6.45, 7) is 1.50. The van der Waals surface area contributed by atoms with Crippen LogP contribution in [0, 0.1) is 0 Å². The van der Waals surface area contributed by atoms with E-state index >= 15 is 0 Å². The van der Waals surface area contributed by atoms with Crippen molar-refractivity contribution in [3.8, 4) is 0 Å². The maximum Gasteiger partial charge on any atom is 0.0723 e. The molecule has 0 unspecified atom stereocenters. The van der Waals surface area contributed by atoms with Crippen molar-refractivity contribution in [2.45, 2.75) is 6.42 Å². The minimum atomic E-state index is 0.146. The molecule has 1 heterocycles. The lowest BCUT2D eigenvalue weighted by atomic mass is 9.97. The van der Waals surface area contributed by atoms with Gasteiger partial charge in [-0.05, 0) is 23.1 Å². The molecule has 0 aromatic heterocycles. The second kappa shape index (κ2) is 4.40. The summed E-state index contributed by atoms with van der Waals surface area (Å²) in [5.41, 5.74) is 3.43. The predicted octanol–water partition coefficient (Wildman–Crippen LogP) is 1.85. The standard InChI is InChI=1S/C12H14O2/c13-8-11-6-7-14-9-12(11)10-4-2-1-3-5-10/h1-5,13H,6-9H2. The van der Waals surface area contributed by atoms with Crippen molar-refractivity contribution >= 4 is 5.57 Å². The molecule has 0 radical (unpaired) electrons. The van der Waals surface area contributed by atoms with Crippen molar-refractivity contribution < 1.29 is 9.84 Å². The van der Waals surface area contributed by atoms with Crippen LogP contribution in [0.15, 0.2) is 35.9 Å². The number of benzene rings is 1. The summed E-state index contributed by atoms with van der Waals surface area (Å²) in [6, 6.07) is 10.1. The highest BCUT2D eigenvalue weighted by Crippen LogP contribution is 2.24. The Morgan fingerprint density at radius 2 is 2.00 bits per heavy atom. The smallest absolute Gasteiger partial charge is 0.0723 e. The summed E-state index contributed by atoms with van der Waals surface area (Å²) in [4.78, 5) is 0. The highest BCUT2D eigenvalue weighted by Gasteiger charge is 2.13. The van der Waals surface area contributed by atoms with Gasteiger partial charge in [-0.15, -0.1) is 0 Å². The minimum absolute atomic E-state index is 0.146. The van der Waals surface area contributed by atoms with Gasteiger partial charge in [-0.2, -0.15) is 0 Å². The summed E-state index contributed by atoms with van der Waals surface area (Å²) in [7, 11) is 0. The van der Waals surface area contributed by atoms with Crippen molar-refractivity contribution in [1.82, 2.24) is 0 Å². The first-order valence-corrected chi connectivity index (χ1v) is 4.86. The summed E-state index contributed by atoms with van der Waals surface area (Å²) in [6.07, 6.45) is 0.848. The Kier molecular flexibility index (Phi) is 2.96. The van der Waals surface area contributed by atoms with Crippen LogP contribution in [0.1, 0.15) is 12.0 Å². The molecule has 1 aliphatic heterocycles. The Morgan fingerprint density at radius 1 is 1.21 bits per heavy atom. The first kappa shape index (κ1) is 9.44. The molecule has 0 aliphatic carbocycles. The molecule has 14 heavy (non-hydrogen) atoms. The lowest BCUT2D eigenvalue weighted by Gasteiger charge is -2.19. The average molecular weight is 190 g/mol. The third-order valence-corrected chi connectivity index (χ3v) is 2.53. The van der Waals surface area contributed by atoms with Crippen molar-refractivity contribution in [2.24, 2.45) is 0 Å². The molecule has 2 rings (SSSR count). The van der Waals surface area contributed by atoms with Crippen LogP contribution >= 0.6 is 0 Å². The van der Waals surface area contributed by atoms with Crippen molar-refractivity contribution in [3.05, 3.63) is 41.5 Å². The number of aliphatic hydroxyl groups excluding tert-OH is 1. The van der Waals surface area contributed by atoms with Crippen molar-refractivity contribution in [2.75, 3.05) is 19.8 Å². The molecule has 1 aromatic carbocycles. The predicted molar refractivity (Wildman–Crippen MR) is 55.9 cm³/mol. The third-order valence-electron chi connectivity index (χ3n) is 2.53. The Balaban J connectivity index is 2.35. The van der Waals surface area contributed by atoms with E-state index in [4.69, 9.17) is 4.74 Å². The zero-order valence-electron chi connectivity index (χ0n) is 8.07. The molecule has 1 N–H and O–H groups in total. The van der Waals surface area contributed by atoms with Gasteiger partial charge in [-0.1, -0.05) is 30.3 Å². The van der Waals surface area contributed by atoms with Crippen molar-refractivity contribution in [3.63, 3.8) is 0 Å². The minimum Gasteiger partial charge on any atom is -0.392 e. The lowest BCUT2D eigenvalue weighted by Crippen LogP contribution is -2.12. The van der Waals surface area contributed by atoms with Gasteiger partial charge in [0.25, 0.3) is 0 Å². The number of hydrogen-bond donors (Lipinski definition) is 1. The second-order valence-corrected chi connectivity index (χ2v) is 3.41. The van der Waals surface area contributed by atoms with Crippen LogP contribution in [0.3, 0.4) is 0 Å². The van der Waals surface area contributed by atoms with Gasteiger partial charge in [0.05, 0.1) is 19.8 Å². The van der Waals surface area contributed by atoms with Crippen LogP contribution in [0.2, 0.25) is 0 Å². The maximum absolute atomic E-state index is 9.21. The van der Waals surface area contributed by atoms with E-state index < -0.39 is 0 Å². The molecule has 0 spiro atoms. The quantitative estimate of drug-likeness (QED) is 0.771. The van der Waals surface area contributed by atoms with Crippen LogP contribution in [0.5, 0.6) is 0 Å². The van der Waals surface area contributed by atoms with E-state index in [0.29, 0.717) is 6.61 Å². The van der Waals surface area contributed by atoms with E-state index in [2.05, 4.69) is 12.1 Å². The normalized spacial score (nSPS) is 17.2. The molecule has 0 saturated carbocycles. The van der Waals surface area contributed by atoms with Crippen molar-refractivity contribution in [1.29, 1.82) is 0 Å². The van der Waals surface area contributed by atoms with Gasteiger partial charge in [0.2, 0.25) is 0 Å². The Hall–Kier alpha value is -1.12. The highest BCUT2D eigenvalue weighted by molar-refractivity contribution is 5.70. The second-order valence-electron chi connectivity index (χ2n) is 3.41. The highest BCUT2D eigenvalue weighted by atomic mass is 16.5. The van der Waals surface area contributed by atoms with E-state index in [0.717, 1.165) is 29.7 Å². The number of hydrogen-bond acceptors (Lipinski definition) is 2. The molecule has 2 heteroatoms. The molecular weight excluding hydrogens is 176 g/mol. The molecule has 1 aliphatic rings. The molecular formula is C12H14O2. The van der Waals surface area contributed by atoms with E-state index in [1.165, 1.54) is 0 Å². The van der Waals surface area contributed by atoms with Gasteiger partial charge in [0, 0.05) is 0 Å². The van der Waals surface area contributed by atoms with Gasteiger partial charge >= 0.3 is 0 Å². The Labute approximate surface area is 83.8 Å². The SMILES string of the molecule is OCC1=C(c2ccccc2)COCC1. The molecule has 1 aromatic rings. The molecule has 2 nitrogen and oxygen atoms in total. The first-order valence-electron chi connectivity index (χ1n) is 4.86. The Bertz CT molecular complexity index is 327. The third kappa shape index (κ3) is 1.86. The largest absolute Gasteiger partial charge is 0.392 e. The van der Waals surface area contributed by atoms with Gasteiger partial charge in [-0.25, -0.2) is 0 Å². The number of aliphatic hydroxyl groups is 1. The summed E-state index contributed by atoms with van der Waals surface area (Å²) >= 11 is 0. The van der Waals surface area contributed by atoms with Gasteiger partial charge in [0.1, 0.15) is 0 Å².